The van der Waals surface area contributed by atoms with Crippen LogP contribution in [0.3, 0.4) is 0 Å². The molecule has 6 nitrogen and oxygen atoms in total. The molecule has 0 unspecified atom stereocenters. The van der Waals surface area contributed by atoms with Crippen LogP contribution in [0.2, 0.25) is 0 Å². The zero-order chi connectivity index (χ0) is 20.9. The minimum Gasteiger partial charge on any atom is -0.484 e. The molecule has 0 aliphatic heterocycles. The lowest BCUT2D eigenvalue weighted by molar-refractivity contribution is -0.153. The maximum absolute atomic E-state index is 12.4. The van der Waals surface area contributed by atoms with Crippen molar-refractivity contribution in [2.24, 2.45) is 0 Å². The molecule has 0 fully saturated rings. The van der Waals surface area contributed by atoms with Crippen LogP contribution in [0.1, 0.15) is 28.9 Å². The van der Waals surface area contributed by atoms with Crippen molar-refractivity contribution in [2.75, 3.05) is 25.5 Å². The van der Waals surface area contributed by atoms with Gasteiger partial charge in [0.15, 0.2) is 12.4 Å². The van der Waals surface area contributed by atoms with Gasteiger partial charge in [0.2, 0.25) is 5.91 Å². The monoisotopic (exact) mass is 399 g/mol. The number of carbonyl (C=O) groups is 1. The van der Waals surface area contributed by atoms with E-state index in [4.69, 9.17) is 9.26 Å². The van der Waals surface area contributed by atoms with E-state index in [1.807, 2.05) is 11.9 Å². The van der Waals surface area contributed by atoms with E-state index in [0.29, 0.717) is 35.8 Å². The molecule has 28 heavy (non-hydrogen) atoms. The van der Waals surface area contributed by atoms with Gasteiger partial charge < -0.3 is 19.5 Å². The van der Waals surface area contributed by atoms with Crippen LogP contribution in [0.25, 0.3) is 0 Å². The summed E-state index contributed by atoms with van der Waals surface area (Å²) in [7, 11) is 1.87. The van der Waals surface area contributed by atoms with Crippen molar-refractivity contribution < 1.29 is 27.2 Å². The molecule has 0 spiro atoms. The van der Waals surface area contributed by atoms with Gasteiger partial charge in [-0.3, -0.25) is 4.79 Å². The first kappa shape index (κ1) is 21.7. The van der Waals surface area contributed by atoms with Crippen molar-refractivity contribution in [3.63, 3.8) is 0 Å². The Morgan fingerprint density at radius 1 is 1.21 bits per heavy atom. The van der Waals surface area contributed by atoms with Crippen molar-refractivity contribution in [2.45, 2.75) is 39.9 Å². The van der Waals surface area contributed by atoms with E-state index in [1.54, 1.807) is 39.0 Å². The molecule has 1 N–H and O–H groups in total. The summed E-state index contributed by atoms with van der Waals surface area (Å²) >= 11 is 0. The largest absolute Gasteiger partial charge is 0.484 e. The number of amides is 1. The summed E-state index contributed by atoms with van der Waals surface area (Å²) < 4.78 is 46.9. The number of benzene rings is 1. The van der Waals surface area contributed by atoms with E-state index in [1.165, 1.54) is 0 Å². The second kappa shape index (κ2) is 9.09. The topological polar surface area (TPSA) is 67.6 Å². The van der Waals surface area contributed by atoms with Crippen molar-refractivity contribution in [1.29, 1.82) is 0 Å². The van der Waals surface area contributed by atoms with E-state index in [-0.39, 0.29) is 18.1 Å². The molecule has 154 valence electrons. The number of anilines is 1. The van der Waals surface area contributed by atoms with Crippen LogP contribution in [0.4, 0.5) is 19.0 Å². The second-order valence-corrected chi connectivity index (χ2v) is 6.82. The third kappa shape index (κ3) is 6.88. The van der Waals surface area contributed by atoms with E-state index in [2.05, 4.69) is 10.5 Å². The van der Waals surface area contributed by atoms with Gasteiger partial charge in [0.05, 0.1) is 0 Å². The lowest BCUT2D eigenvalue weighted by Crippen LogP contribution is -2.24. The maximum Gasteiger partial charge on any atom is 0.422 e. The Labute approximate surface area is 161 Å². The van der Waals surface area contributed by atoms with Crippen LogP contribution in [0.5, 0.6) is 5.75 Å². The molecule has 0 aliphatic rings. The molecule has 0 bridgehead atoms. The van der Waals surface area contributed by atoms with Gasteiger partial charge in [-0.15, -0.1) is 0 Å². The normalized spacial score (nSPS) is 11.7. The number of halogens is 3. The van der Waals surface area contributed by atoms with Gasteiger partial charge in [-0.05, 0) is 44.5 Å². The molecule has 0 aliphatic carbocycles. The minimum absolute atomic E-state index is 0.177. The first-order valence-corrected chi connectivity index (χ1v) is 8.75. The summed E-state index contributed by atoms with van der Waals surface area (Å²) in [6, 6.07) is 5.23. The molecule has 0 saturated carbocycles. The summed E-state index contributed by atoms with van der Waals surface area (Å²) in [5, 5.41) is 6.36. The number of carbonyl (C=O) groups excluding carboxylic acids is 1. The third-order valence-electron chi connectivity index (χ3n) is 3.97. The van der Waals surface area contributed by atoms with Crippen LogP contribution in [0, 0.1) is 20.8 Å². The lowest BCUT2D eigenvalue weighted by atomic mass is 10.1. The van der Waals surface area contributed by atoms with Crippen LogP contribution in [0.15, 0.2) is 22.7 Å². The Bertz CT molecular complexity index is 795. The second-order valence-electron chi connectivity index (χ2n) is 6.82. The molecule has 2 aromatic rings. The average molecular weight is 399 g/mol. The first-order chi connectivity index (χ1) is 13.0. The molecule has 0 atom stereocenters. The maximum atomic E-state index is 12.4. The highest BCUT2D eigenvalue weighted by Crippen LogP contribution is 2.27. The third-order valence-corrected chi connectivity index (χ3v) is 3.97. The van der Waals surface area contributed by atoms with Gasteiger partial charge in [0.1, 0.15) is 11.5 Å². The summed E-state index contributed by atoms with van der Waals surface area (Å²) in [5.41, 5.74) is 2.22. The molecule has 1 amide bonds. The van der Waals surface area contributed by atoms with Crippen LogP contribution < -0.4 is 10.1 Å². The minimum atomic E-state index is -4.37. The van der Waals surface area contributed by atoms with Crippen LogP contribution >= 0.6 is 0 Å². The Hall–Kier alpha value is -2.55. The zero-order valence-electron chi connectivity index (χ0n) is 16.3. The van der Waals surface area contributed by atoms with Crippen molar-refractivity contribution >= 4 is 11.7 Å². The van der Waals surface area contributed by atoms with E-state index in [9.17, 15) is 18.0 Å². The number of nitrogens with zero attached hydrogens (tertiary/aromatic N) is 2. The van der Waals surface area contributed by atoms with Gasteiger partial charge in [0, 0.05) is 25.6 Å². The van der Waals surface area contributed by atoms with Crippen molar-refractivity contribution in [3.8, 4) is 5.75 Å². The van der Waals surface area contributed by atoms with Gasteiger partial charge in [-0.25, -0.2) is 0 Å². The predicted molar refractivity (Wildman–Crippen MR) is 98.3 cm³/mol. The molecule has 2 rings (SSSR count). The number of aromatic nitrogens is 1. The quantitative estimate of drug-likeness (QED) is 0.727. The molecule has 0 saturated heterocycles. The fraction of sp³-hybridized carbons (Fsp3) is 0.474. The SMILES string of the molecule is Cc1cc(NC(=O)CCN(C)Cc2cc(C)c(OCC(F)(F)F)c(C)c2)no1. The number of aryl methyl sites for hydroxylation is 3. The van der Waals surface area contributed by atoms with Crippen molar-refractivity contribution in [1.82, 2.24) is 10.1 Å². The average Bonchev–Trinajstić information content (AvgIpc) is 2.96. The van der Waals surface area contributed by atoms with E-state index in [0.717, 1.165) is 5.56 Å². The number of ether oxygens (including phenoxy) is 1. The van der Waals surface area contributed by atoms with Gasteiger partial charge in [-0.2, -0.15) is 13.2 Å². The van der Waals surface area contributed by atoms with Crippen molar-refractivity contribution in [3.05, 3.63) is 40.6 Å². The fourth-order valence-corrected chi connectivity index (χ4v) is 2.83. The molecular formula is C19H24F3N3O3. The lowest BCUT2D eigenvalue weighted by Gasteiger charge is -2.19. The Morgan fingerprint density at radius 2 is 1.86 bits per heavy atom. The van der Waals surface area contributed by atoms with Gasteiger partial charge >= 0.3 is 6.18 Å². The van der Waals surface area contributed by atoms with Crippen LogP contribution in [-0.2, 0) is 11.3 Å². The Morgan fingerprint density at radius 3 is 2.39 bits per heavy atom. The fourth-order valence-electron chi connectivity index (χ4n) is 2.83. The standard InChI is InChI=1S/C19H24F3N3O3/c1-12-7-15(8-13(2)18(12)27-11-19(20,21)22)10-25(4)6-5-17(26)23-16-9-14(3)28-24-16/h7-9H,5-6,10-11H2,1-4H3,(H,23,24,26). The Balaban J connectivity index is 1.87. The highest BCUT2D eigenvalue weighted by molar-refractivity contribution is 5.89. The molecule has 1 aromatic heterocycles. The van der Waals surface area contributed by atoms with E-state index >= 15 is 0 Å². The van der Waals surface area contributed by atoms with E-state index < -0.39 is 12.8 Å². The zero-order valence-corrected chi connectivity index (χ0v) is 16.3. The van der Waals surface area contributed by atoms with Gasteiger partial charge in [-0.1, -0.05) is 17.3 Å². The Kier molecular flexibility index (Phi) is 7.06. The summed E-state index contributed by atoms with van der Waals surface area (Å²) in [6.45, 7) is 4.92. The van der Waals surface area contributed by atoms with Crippen LogP contribution in [-0.4, -0.2) is 42.3 Å². The van der Waals surface area contributed by atoms with Gasteiger partial charge in [0.25, 0.3) is 0 Å². The molecule has 0 radical (unpaired) electrons. The predicted octanol–water partition coefficient (Wildman–Crippen LogP) is 4.00. The summed E-state index contributed by atoms with van der Waals surface area (Å²) in [5.74, 6) is 1.07. The molecular weight excluding hydrogens is 375 g/mol. The smallest absolute Gasteiger partial charge is 0.422 e. The highest BCUT2D eigenvalue weighted by Gasteiger charge is 2.29. The first-order valence-electron chi connectivity index (χ1n) is 8.75. The summed E-state index contributed by atoms with van der Waals surface area (Å²) in [4.78, 5) is 13.9. The number of nitrogens with one attached hydrogen (secondary N) is 1. The molecule has 9 heteroatoms. The number of alkyl halides is 3. The number of hydrogen-bond donors (Lipinski definition) is 1. The molecule has 1 aromatic carbocycles. The number of rotatable bonds is 8. The number of hydrogen-bond acceptors (Lipinski definition) is 5. The highest BCUT2D eigenvalue weighted by atomic mass is 19.4. The summed E-state index contributed by atoms with van der Waals surface area (Å²) in [6.07, 6.45) is -4.10. The molecule has 1 heterocycles.